The Labute approximate surface area is 642 Å². The first-order valence-corrected chi connectivity index (χ1v) is 36.2. The number of aliphatic hydroxyl groups excluding tert-OH is 31. The number of amides is 1. The van der Waals surface area contributed by atoms with Crippen LogP contribution in [0.4, 0.5) is 0 Å². The first-order valence-electron chi connectivity index (χ1n) is 36.2. The molecule has 52 heteroatoms. The van der Waals surface area contributed by atoms with Crippen molar-refractivity contribution >= 4 is 5.91 Å². The van der Waals surface area contributed by atoms with Gasteiger partial charge in [-0.15, -0.1) is 0 Å². The summed E-state index contributed by atoms with van der Waals surface area (Å²) in [4.78, 5) is 12.4. The monoisotopic (exact) mass is 1680 g/mol. The van der Waals surface area contributed by atoms with E-state index in [1.54, 1.807) is 0 Å². The van der Waals surface area contributed by atoms with Crippen molar-refractivity contribution in [2.24, 2.45) is 0 Å². The molecule has 1 unspecified atom stereocenters. The Morgan fingerprint density at radius 2 is 0.465 bits per heavy atom. The number of aliphatic hydroxyl groups is 31. The molecule has 664 valence electrons. The van der Waals surface area contributed by atoms with Crippen LogP contribution in [0.5, 0.6) is 0 Å². The molecule has 10 fully saturated rings. The smallest absolute Gasteiger partial charge is 0.217 e. The molecule has 32 N–H and O–H groups in total. The van der Waals surface area contributed by atoms with E-state index in [0.717, 1.165) is 6.92 Å². The van der Waals surface area contributed by atoms with Crippen LogP contribution >= 0.6 is 0 Å². The minimum atomic E-state index is -2.63. The Balaban J connectivity index is 1.00. The molecule has 0 aromatic carbocycles. The van der Waals surface area contributed by atoms with E-state index in [1.165, 1.54) is 0 Å². The molecule has 52 nitrogen and oxygen atoms in total. The van der Waals surface area contributed by atoms with Gasteiger partial charge in [-0.3, -0.25) is 4.79 Å². The zero-order chi connectivity index (χ0) is 83.7. The summed E-state index contributed by atoms with van der Waals surface area (Å²) in [7, 11) is 0. The molecule has 0 aromatic heterocycles. The van der Waals surface area contributed by atoms with E-state index in [9.17, 15) is 163 Å². The zero-order valence-corrected chi connectivity index (χ0v) is 60.0. The molecule has 10 heterocycles. The van der Waals surface area contributed by atoms with E-state index in [-0.39, 0.29) is 0 Å². The maximum absolute atomic E-state index is 12.7. The van der Waals surface area contributed by atoms with Crippen molar-refractivity contribution in [3.05, 3.63) is 0 Å². The van der Waals surface area contributed by atoms with Gasteiger partial charge in [0.1, 0.15) is 244 Å². The Morgan fingerprint density at radius 3 is 0.851 bits per heavy atom. The lowest BCUT2D eigenvalue weighted by atomic mass is 9.94. The fraction of sp³-hybridized carbons (Fsp3) is 0.984. The normalized spacial score (nSPS) is 52.6. The summed E-state index contributed by atoms with van der Waals surface area (Å²) in [6.07, 6.45) is -106. The fourth-order valence-electron chi connectivity index (χ4n) is 14.5. The van der Waals surface area contributed by atoms with Crippen molar-refractivity contribution in [1.82, 2.24) is 5.32 Å². The lowest BCUT2D eigenvalue weighted by Crippen LogP contribution is -2.69. The third kappa shape index (κ3) is 19.9. The summed E-state index contributed by atoms with van der Waals surface area (Å²) in [6.45, 7) is -10.0. The molecule has 10 aliphatic rings. The number of rotatable bonds is 29. The van der Waals surface area contributed by atoms with Crippen molar-refractivity contribution in [3.8, 4) is 0 Å². The predicted octanol–water partition coefficient (Wildman–Crippen LogP) is -22.7. The van der Waals surface area contributed by atoms with Gasteiger partial charge >= 0.3 is 0 Å². The standard InChI is InChI=1S/C62H105NO51/c1-12(71)63-23-33(81)47(19(8-70)99-53(23)95)109-59-46(94)49(111-62-52(40(88)30(78)20(108-62)9-96-54-41(89)34(82)24(72)13(2-64)100-54)114-61-51(39(87)29(77)18(7-69)105-61)113-58-44(92)37(85)27(75)16(5-67)103-58)32(80)22(107-59)10-97-55-45(93)48(110-56-42(90)35(83)25(73)14(3-65)101-56)31(79)21(106-55)11-98-60-50(38(86)28(76)17(6-68)104-60)112-57-43(91)36(84)26(74)15(4-66)102-57/h13-62,64-70,72-95H,2-11H2,1H3,(H,63,71)/t13-,14-,15-,16-,17-,18-,19-,20-,21-,22-,23-,24-,25-,26-,27-,28-,29-,30-,31-,32-,33-,34-,35+,36+,37+,38+,39+,40+,41+,42+,43+,44+,45+,46+,47-,48+,49+,50+,51+,52+,53?,54+,55+,56-,57-,58-,59-,60+,61-,62-/m1/s1. The molecule has 0 aromatic rings. The van der Waals surface area contributed by atoms with Gasteiger partial charge in [-0.25, -0.2) is 0 Å². The van der Waals surface area contributed by atoms with E-state index >= 15 is 0 Å². The number of hydrogen-bond donors (Lipinski definition) is 32. The third-order valence-corrected chi connectivity index (χ3v) is 21.2. The molecule has 114 heavy (non-hydrogen) atoms. The average Bonchev–Trinajstić information content (AvgIpc) is 0.764. The number of nitrogens with one attached hydrogen (secondary N) is 1. The topological polar surface area (TPSA) is 832 Å². The van der Waals surface area contributed by atoms with E-state index < -0.39 is 379 Å². The summed E-state index contributed by atoms with van der Waals surface area (Å²) >= 11 is 0. The highest BCUT2D eigenvalue weighted by atomic mass is 16.8. The maximum Gasteiger partial charge on any atom is 0.217 e. The molecule has 0 bridgehead atoms. The maximum atomic E-state index is 12.7. The number of ether oxygens (including phenoxy) is 19. The molecular weight excluding hydrogens is 1570 g/mol. The quantitative estimate of drug-likeness (QED) is 0.0331. The van der Waals surface area contributed by atoms with Gasteiger partial charge in [-0.2, -0.15) is 0 Å². The van der Waals surface area contributed by atoms with Gasteiger partial charge < -0.3 is 254 Å². The summed E-state index contributed by atoms with van der Waals surface area (Å²) in [5, 5.41) is 343. The predicted molar refractivity (Wildman–Crippen MR) is 341 cm³/mol. The second-order valence-corrected chi connectivity index (χ2v) is 28.8. The Morgan fingerprint density at radius 1 is 0.228 bits per heavy atom. The van der Waals surface area contributed by atoms with E-state index in [1.807, 2.05) is 0 Å². The van der Waals surface area contributed by atoms with Crippen molar-refractivity contribution in [2.45, 2.75) is 314 Å². The molecule has 1 amide bonds. The van der Waals surface area contributed by atoms with Crippen LogP contribution in [0.1, 0.15) is 6.92 Å². The lowest BCUT2D eigenvalue weighted by molar-refractivity contribution is -0.409. The van der Waals surface area contributed by atoms with Crippen LogP contribution in [0.15, 0.2) is 0 Å². The van der Waals surface area contributed by atoms with Crippen LogP contribution in [0.3, 0.4) is 0 Å². The van der Waals surface area contributed by atoms with Gasteiger partial charge in [-0.05, 0) is 0 Å². The summed E-state index contributed by atoms with van der Waals surface area (Å²) in [6, 6.07) is -1.83. The molecule has 50 atom stereocenters. The number of hydrogen-bond acceptors (Lipinski definition) is 51. The fourth-order valence-corrected chi connectivity index (χ4v) is 14.5. The third-order valence-electron chi connectivity index (χ3n) is 21.2. The van der Waals surface area contributed by atoms with E-state index in [2.05, 4.69) is 5.32 Å². The first-order chi connectivity index (χ1) is 54.0. The van der Waals surface area contributed by atoms with Gasteiger partial charge in [0.2, 0.25) is 5.91 Å². The minimum Gasteiger partial charge on any atom is -0.394 e. The molecule has 0 radical (unpaired) electrons. The number of carbonyl (C=O) groups is 1. The highest BCUT2D eigenvalue weighted by molar-refractivity contribution is 5.73. The summed E-state index contributed by atoms with van der Waals surface area (Å²) in [5.41, 5.74) is 0. The van der Waals surface area contributed by atoms with Crippen LogP contribution in [-0.4, -0.2) is 537 Å². The van der Waals surface area contributed by atoms with Crippen LogP contribution in [0.2, 0.25) is 0 Å². The molecule has 10 saturated heterocycles. The van der Waals surface area contributed by atoms with Gasteiger partial charge in [0, 0.05) is 6.92 Å². The molecule has 10 aliphatic heterocycles. The second kappa shape index (κ2) is 40.6. The summed E-state index contributed by atoms with van der Waals surface area (Å²) in [5.74, 6) is -0.891. The highest BCUT2D eigenvalue weighted by Crippen LogP contribution is 2.40. The number of carbonyl (C=O) groups excluding carboxylic acids is 1. The Hall–Kier alpha value is -2.53. The SMILES string of the molecule is CC(=O)N[C@H]1C(O)O[C@H](CO)[C@@H](O[C@H]2O[C@H](CO[C@H]3O[C@H](CO[C@H]4O[C@H](CO)[C@@H](O)[C@H](O)[C@@H]4O[C@H]4O[C@H](CO)[C@@H](O)[C@H](O)[C@@H]4O)[C@@H](O)[C@H](O[C@H]4O[C@H](CO)[C@@H](O)[C@H](O)[C@@H]4O)[C@@H]3O)[C@@H](O)[C@H](O[C@H]3O[C@H](CO[C@H]4O[C@H](CO)[C@@H](O)[C@@H](O)[C@@H]4O)[C@@H](O)[C@H](O)[C@@H]3O[C@H]3O[C@H](CO)[C@@H](O)[C@H](O)[C@@H]3O[C@H]3O[C@H](CO)[C@@H](O)[C@H](O)[C@@H]3O)[C@@H]2O)[C@@H]1O. The Bertz CT molecular complexity index is 2910. The van der Waals surface area contributed by atoms with Gasteiger partial charge in [0.15, 0.2) is 62.9 Å². The van der Waals surface area contributed by atoms with Crippen molar-refractivity contribution in [2.75, 3.05) is 66.1 Å². The second-order valence-electron chi connectivity index (χ2n) is 28.8. The van der Waals surface area contributed by atoms with E-state index in [4.69, 9.17) is 90.0 Å². The van der Waals surface area contributed by atoms with Crippen LogP contribution in [0.25, 0.3) is 0 Å². The van der Waals surface area contributed by atoms with Gasteiger partial charge in [0.25, 0.3) is 0 Å². The molecule has 0 spiro atoms. The summed E-state index contributed by atoms with van der Waals surface area (Å²) < 4.78 is 110. The minimum absolute atomic E-state index is 0.891. The van der Waals surface area contributed by atoms with Gasteiger partial charge in [0.05, 0.1) is 66.1 Å². The molecule has 0 aliphatic carbocycles. The van der Waals surface area contributed by atoms with E-state index in [0.29, 0.717) is 0 Å². The van der Waals surface area contributed by atoms with Crippen LogP contribution < -0.4 is 5.32 Å². The van der Waals surface area contributed by atoms with Crippen molar-refractivity contribution in [1.29, 1.82) is 0 Å². The lowest BCUT2D eigenvalue weighted by Gasteiger charge is -2.50. The van der Waals surface area contributed by atoms with Crippen molar-refractivity contribution < 1.29 is 253 Å². The molecular formula is C62H105NO51. The average molecular weight is 1680 g/mol. The molecule has 10 rings (SSSR count). The first kappa shape index (κ1) is 93.7. The van der Waals surface area contributed by atoms with Gasteiger partial charge in [-0.1, -0.05) is 0 Å². The molecule has 0 saturated carbocycles. The van der Waals surface area contributed by atoms with Crippen LogP contribution in [0, 0.1) is 0 Å². The zero-order valence-electron chi connectivity index (χ0n) is 60.0. The largest absolute Gasteiger partial charge is 0.394 e. The van der Waals surface area contributed by atoms with Crippen molar-refractivity contribution in [3.63, 3.8) is 0 Å². The highest BCUT2D eigenvalue weighted by Gasteiger charge is 2.61. The Kier molecular flexibility index (Phi) is 33.4. The van der Waals surface area contributed by atoms with Crippen LogP contribution in [-0.2, 0) is 94.8 Å².